The summed E-state index contributed by atoms with van der Waals surface area (Å²) in [5.74, 6) is 2.23. The Labute approximate surface area is 212 Å². The fourth-order valence-corrected chi connectivity index (χ4v) is 4.68. The van der Waals surface area contributed by atoms with Crippen LogP contribution in [0, 0.1) is 0 Å². The molecule has 2 amide bonds. The van der Waals surface area contributed by atoms with Crippen LogP contribution in [0.15, 0.2) is 83.8 Å². The zero-order valence-corrected chi connectivity index (χ0v) is 21.0. The van der Waals surface area contributed by atoms with E-state index in [1.165, 1.54) is 11.3 Å². The van der Waals surface area contributed by atoms with Crippen molar-refractivity contribution in [1.82, 2.24) is 10.2 Å². The Morgan fingerprint density at radius 3 is 2.61 bits per heavy atom. The smallest absolute Gasteiger partial charge is 0.323 e. The number of benzene rings is 2. The molecule has 2 heterocycles. The highest BCUT2D eigenvalue weighted by atomic mass is 16.5. The van der Waals surface area contributed by atoms with Crippen LogP contribution in [0.1, 0.15) is 31.2 Å². The van der Waals surface area contributed by atoms with Crippen LogP contribution in [0.3, 0.4) is 0 Å². The van der Waals surface area contributed by atoms with Crippen LogP contribution >= 0.6 is 0 Å². The van der Waals surface area contributed by atoms with Crippen molar-refractivity contribution >= 4 is 23.2 Å². The highest BCUT2D eigenvalue weighted by Gasteiger charge is 2.24. The molecule has 1 atom stereocenters. The maximum Gasteiger partial charge on any atom is 0.323 e. The lowest BCUT2D eigenvalue weighted by atomic mass is 9.90. The van der Waals surface area contributed by atoms with Crippen LogP contribution in [0.5, 0.6) is 11.5 Å². The average Bonchev–Trinajstić information content (AvgIpc) is 3.37. The average molecular weight is 488 g/mol. The van der Waals surface area contributed by atoms with Gasteiger partial charge in [0.1, 0.15) is 23.0 Å². The van der Waals surface area contributed by atoms with Crippen molar-refractivity contribution in [3.63, 3.8) is 0 Å². The van der Waals surface area contributed by atoms with Gasteiger partial charge in [-0.15, -0.1) is 0 Å². The number of carbonyl (C=O) groups excluding carboxylic acids is 1. The second kappa shape index (κ2) is 11.5. The molecule has 3 N–H and O–H groups in total. The molecule has 0 radical (unpaired) electrons. The number of amides is 2. The third kappa shape index (κ3) is 5.54. The first-order chi connectivity index (χ1) is 17.5. The molecule has 2 aromatic carbocycles. The number of methoxy groups -OCH3 is 2. The molecule has 0 bridgehead atoms. The zero-order chi connectivity index (χ0) is 25.5. The van der Waals surface area contributed by atoms with E-state index in [1.807, 2.05) is 30.5 Å². The first-order valence-electron chi connectivity index (χ1n) is 12.0. The van der Waals surface area contributed by atoms with Gasteiger partial charge in [0.2, 0.25) is 0 Å². The van der Waals surface area contributed by atoms with E-state index in [0.29, 0.717) is 23.1 Å². The molecule has 188 valence electrons. The fourth-order valence-electron chi connectivity index (χ4n) is 4.68. The Hall–Kier alpha value is -4.20. The van der Waals surface area contributed by atoms with Gasteiger partial charge in [0, 0.05) is 42.2 Å². The lowest BCUT2D eigenvalue weighted by Crippen LogP contribution is -2.34. The van der Waals surface area contributed by atoms with E-state index in [4.69, 9.17) is 9.47 Å². The van der Waals surface area contributed by atoms with Crippen molar-refractivity contribution in [2.75, 3.05) is 37.9 Å². The summed E-state index contributed by atoms with van der Waals surface area (Å²) in [6.45, 7) is 7.79. The maximum atomic E-state index is 12.8. The van der Waals surface area contributed by atoms with E-state index < -0.39 is 0 Å². The van der Waals surface area contributed by atoms with E-state index in [2.05, 4.69) is 51.5 Å². The molecule has 0 spiro atoms. The number of rotatable bonds is 7. The summed E-state index contributed by atoms with van der Waals surface area (Å²) >= 11 is 0. The monoisotopic (exact) mass is 487 g/mol. The van der Waals surface area contributed by atoms with Crippen molar-refractivity contribution in [1.29, 1.82) is 0 Å². The number of ether oxygens (including phenoxy) is 2. The lowest BCUT2D eigenvalue weighted by Gasteiger charge is -2.36. The molecule has 2 aromatic rings. The summed E-state index contributed by atoms with van der Waals surface area (Å²) in [7, 11) is 3.11. The third-order valence-electron chi connectivity index (χ3n) is 6.51. The molecule has 2 aliphatic heterocycles. The Balaban J connectivity index is 1.46. The van der Waals surface area contributed by atoms with E-state index in [0.717, 1.165) is 43.0 Å². The summed E-state index contributed by atoms with van der Waals surface area (Å²) in [5.41, 5.74) is 4.70. The Bertz CT molecular complexity index is 1200. The molecule has 0 saturated carbocycles. The van der Waals surface area contributed by atoms with Crippen molar-refractivity contribution in [2.45, 2.75) is 25.7 Å². The Morgan fingerprint density at radius 2 is 1.89 bits per heavy atom. The van der Waals surface area contributed by atoms with Crippen molar-refractivity contribution in [2.24, 2.45) is 4.99 Å². The molecule has 0 aromatic heterocycles. The minimum Gasteiger partial charge on any atom is -0.494 e. The van der Waals surface area contributed by atoms with Gasteiger partial charge >= 0.3 is 6.03 Å². The predicted octanol–water partition coefficient (Wildman–Crippen LogP) is 5.46. The number of nitrogens with zero attached hydrogens (tertiary/aromatic N) is 2. The number of hydrogen-bond donors (Lipinski definition) is 3. The number of para-hydroxylation sites is 1. The summed E-state index contributed by atoms with van der Waals surface area (Å²) in [6, 6.07) is 13.0. The van der Waals surface area contributed by atoms with Crippen LogP contribution in [0.4, 0.5) is 16.2 Å². The van der Waals surface area contributed by atoms with Gasteiger partial charge in [-0.05, 0) is 61.9 Å². The van der Waals surface area contributed by atoms with Crippen molar-refractivity contribution < 1.29 is 14.3 Å². The number of allylic oxidation sites excluding steroid dienone is 1. The quantitative estimate of drug-likeness (QED) is 0.483. The van der Waals surface area contributed by atoms with Crippen LogP contribution < -0.4 is 25.4 Å². The van der Waals surface area contributed by atoms with Gasteiger partial charge in [0.25, 0.3) is 0 Å². The first kappa shape index (κ1) is 24.9. The molecule has 1 unspecified atom stereocenters. The number of nitrogens with one attached hydrogen (secondary N) is 3. The zero-order valence-electron chi connectivity index (χ0n) is 21.0. The molecule has 0 aliphatic carbocycles. The van der Waals surface area contributed by atoms with Gasteiger partial charge in [-0.2, -0.15) is 0 Å². The maximum absolute atomic E-state index is 12.8. The summed E-state index contributed by atoms with van der Waals surface area (Å²) < 4.78 is 10.7. The minimum atomic E-state index is -0.365. The van der Waals surface area contributed by atoms with Gasteiger partial charge < -0.3 is 30.3 Å². The van der Waals surface area contributed by atoms with Gasteiger partial charge in [-0.25, -0.2) is 9.79 Å². The van der Waals surface area contributed by atoms with Gasteiger partial charge in [0.15, 0.2) is 0 Å². The number of likely N-dealkylation sites (tertiary alicyclic amines) is 1. The first-order valence-corrected chi connectivity index (χ1v) is 12.0. The molecule has 1 fully saturated rings. The molecule has 8 nitrogen and oxygen atoms in total. The molecular weight excluding hydrogens is 454 g/mol. The Morgan fingerprint density at radius 1 is 1.14 bits per heavy atom. The lowest BCUT2D eigenvalue weighted by molar-refractivity contribution is 0.258. The second-order valence-electron chi connectivity index (χ2n) is 8.67. The number of amidine groups is 1. The minimum absolute atomic E-state index is 0.353. The molecule has 36 heavy (non-hydrogen) atoms. The van der Waals surface area contributed by atoms with Gasteiger partial charge in [0.05, 0.1) is 14.2 Å². The number of piperidine rings is 1. The highest BCUT2D eigenvalue weighted by Crippen LogP contribution is 2.35. The second-order valence-corrected chi connectivity index (χ2v) is 8.67. The van der Waals surface area contributed by atoms with Crippen LogP contribution in [0.25, 0.3) is 0 Å². The number of hydrogen-bond acceptors (Lipinski definition) is 6. The number of carbonyl (C=O) groups is 1. The van der Waals surface area contributed by atoms with Crippen molar-refractivity contribution in [3.8, 4) is 11.5 Å². The van der Waals surface area contributed by atoms with Crippen LogP contribution in [-0.2, 0) is 0 Å². The number of urea groups is 1. The largest absolute Gasteiger partial charge is 0.494 e. The summed E-state index contributed by atoms with van der Waals surface area (Å²) in [6.07, 6.45) is 7.68. The summed E-state index contributed by atoms with van der Waals surface area (Å²) in [4.78, 5) is 19.6. The molecule has 4 rings (SSSR count). The SMILES string of the molecule is C=CNC1=NC=C/C1=C(/C)N1CCCC(c2cccc(NC(=O)Nc3c(OC)cccc3OC)c2)C1. The molecular formula is C28H33N5O3. The summed E-state index contributed by atoms with van der Waals surface area (Å²) in [5, 5.41) is 8.92. The number of anilines is 2. The molecule has 8 heteroatoms. The van der Waals surface area contributed by atoms with Crippen LogP contribution in [-0.4, -0.2) is 44.1 Å². The number of aliphatic imine (C=N–C) groups is 1. The molecule has 2 aliphatic rings. The standard InChI is InChI=1S/C28H33N5O3/c1-5-29-27-23(14-15-30-27)19(2)33-16-8-10-21(18-33)20-9-6-11-22(17-20)31-28(34)32-26-24(35-3)12-7-13-25(26)36-4/h5-7,9,11-15,17,21H,1,8,10,16,18H2,2-4H3,(H,29,30)(H2,31,32,34)/b23-19+. The van der Waals surface area contributed by atoms with Crippen molar-refractivity contribution in [3.05, 3.63) is 84.4 Å². The van der Waals surface area contributed by atoms with E-state index in [1.54, 1.807) is 32.6 Å². The van der Waals surface area contributed by atoms with E-state index >= 15 is 0 Å². The topological polar surface area (TPSA) is 87.2 Å². The van der Waals surface area contributed by atoms with E-state index in [-0.39, 0.29) is 6.03 Å². The van der Waals surface area contributed by atoms with Crippen LogP contribution in [0.2, 0.25) is 0 Å². The fraction of sp³-hybridized carbons (Fsp3) is 0.286. The van der Waals surface area contributed by atoms with Gasteiger partial charge in [-0.3, -0.25) is 0 Å². The van der Waals surface area contributed by atoms with Gasteiger partial charge in [-0.1, -0.05) is 24.8 Å². The Kier molecular flexibility index (Phi) is 7.95. The predicted molar refractivity (Wildman–Crippen MR) is 145 cm³/mol. The van der Waals surface area contributed by atoms with E-state index in [9.17, 15) is 4.79 Å². The highest BCUT2D eigenvalue weighted by molar-refractivity contribution is 6.04. The normalized spacial score (nSPS) is 18.2. The molecule has 1 saturated heterocycles. The third-order valence-corrected chi connectivity index (χ3v) is 6.51.